The summed E-state index contributed by atoms with van der Waals surface area (Å²) in [5.74, 6) is 0. The second-order valence-corrected chi connectivity index (χ2v) is 8.45. The number of pyridine rings is 1. The summed E-state index contributed by atoms with van der Waals surface area (Å²) < 4.78 is 1.17. The zero-order chi connectivity index (χ0) is 18.0. The van der Waals surface area contributed by atoms with Gasteiger partial charge in [-0.05, 0) is 57.0 Å². The Morgan fingerprint density at radius 2 is 2.00 bits per heavy atom. The molecular weight excluding hydrogens is 318 g/mol. The molecular formula is C23H32N3+. The summed E-state index contributed by atoms with van der Waals surface area (Å²) >= 11 is 0. The highest BCUT2D eigenvalue weighted by molar-refractivity contribution is 5.69. The quantitative estimate of drug-likeness (QED) is 0.732. The summed E-state index contributed by atoms with van der Waals surface area (Å²) in [6, 6.07) is 5.62. The first-order chi connectivity index (χ1) is 12.7. The molecule has 2 heterocycles. The van der Waals surface area contributed by atoms with E-state index in [1.807, 2.05) is 12.4 Å². The van der Waals surface area contributed by atoms with Gasteiger partial charge in [0.15, 0.2) is 0 Å². The van der Waals surface area contributed by atoms with Gasteiger partial charge >= 0.3 is 0 Å². The van der Waals surface area contributed by atoms with Gasteiger partial charge in [0, 0.05) is 37.0 Å². The van der Waals surface area contributed by atoms with Gasteiger partial charge < -0.3 is 4.90 Å². The smallest absolute Gasteiger partial charge is 0.123 e. The summed E-state index contributed by atoms with van der Waals surface area (Å²) in [7, 11) is 4.41. The minimum Gasteiger partial charge on any atom is -0.304 e. The summed E-state index contributed by atoms with van der Waals surface area (Å²) in [5.41, 5.74) is 4.25. The molecule has 0 radical (unpaired) electrons. The Kier molecular flexibility index (Phi) is 5.10. The van der Waals surface area contributed by atoms with E-state index < -0.39 is 0 Å². The van der Waals surface area contributed by atoms with Crippen molar-refractivity contribution in [1.82, 2.24) is 9.88 Å². The predicted molar refractivity (Wildman–Crippen MR) is 108 cm³/mol. The molecule has 2 atom stereocenters. The van der Waals surface area contributed by atoms with Crippen molar-refractivity contribution in [3.8, 4) is 0 Å². The molecule has 3 heteroatoms. The number of aromatic nitrogens is 1. The fourth-order valence-corrected chi connectivity index (χ4v) is 5.14. The van der Waals surface area contributed by atoms with Crippen LogP contribution in [0.2, 0.25) is 0 Å². The number of hydrogen-bond donors (Lipinski definition) is 0. The summed E-state index contributed by atoms with van der Waals surface area (Å²) in [4.78, 5) is 6.69. The molecule has 0 N–H and O–H groups in total. The molecule has 3 nitrogen and oxygen atoms in total. The van der Waals surface area contributed by atoms with Gasteiger partial charge in [0.2, 0.25) is 0 Å². The van der Waals surface area contributed by atoms with E-state index in [9.17, 15) is 0 Å². The molecule has 2 aliphatic carbocycles. The first-order valence-electron chi connectivity index (χ1n) is 10.2. The van der Waals surface area contributed by atoms with Crippen LogP contribution in [0.15, 0.2) is 54.5 Å². The van der Waals surface area contributed by atoms with E-state index in [1.165, 1.54) is 59.8 Å². The maximum absolute atomic E-state index is 4.34. The Hall–Kier alpha value is -1.71. The standard InChI is InChI=1S/C23H32N3/c1-25(2)14-16-26(22-8-4-3-5-9-22)15-12-19-10-11-20(17-23(19)26)21-7-6-13-24-18-21/h6-7,10-13,15,18,22-23H,3-5,8-9,14,16-17H2,1-2H3/q+1. The lowest BCUT2D eigenvalue weighted by Crippen LogP contribution is -2.59. The average molecular weight is 351 g/mol. The highest BCUT2D eigenvalue weighted by atomic mass is 15.4. The highest BCUT2D eigenvalue weighted by Gasteiger charge is 2.48. The largest absolute Gasteiger partial charge is 0.304 e. The van der Waals surface area contributed by atoms with Crippen LogP contribution in [0.5, 0.6) is 0 Å². The molecule has 26 heavy (non-hydrogen) atoms. The van der Waals surface area contributed by atoms with Crippen molar-refractivity contribution in [3.05, 3.63) is 60.1 Å². The van der Waals surface area contributed by atoms with Gasteiger partial charge in [0.1, 0.15) is 6.04 Å². The molecule has 0 amide bonds. The normalized spacial score (nSPS) is 28.8. The minimum absolute atomic E-state index is 0.582. The Labute approximate surface area is 158 Å². The molecule has 3 aliphatic rings. The number of fused-ring (bicyclic) bond motifs is 1. The van der Waals surface area contributed by atoms with Crippen molar-refractivity contribution >= 4 is 5.57 Å². The molecule has 1 aromatic heterocycles. The van der Waals surface area contributed by atoms with Gasteiger partial charge in [-0.15, -0.1) is 0 Å². The Bertz CT molecular complexity index is 710. The molecule has 1 aliphatic heterocycles. The van der Waals surface area contributed by atoms with E-state index in [4.69, 9.17) is 0 Å². The molecule has 1 aromatic rings. The number of nitrogens with zero attached hydrogens (tertiary/aromatic N) is 3. The lowest BCUT2D eigenvalue weighted by molar-refractivity contribution is -0.919. The zero-order valence-corrected chi connectivity index (χ0v) is 16.3. The lowest BCUT2D eigenvalue weighted by atomic mass is 9.85. The fourth-order valence-electron chi connectivity index (χ4n) is 5.14. The van der Waals surface area contributed by atoms with E-state index in [2.05, 4.69) is 60.5 Å². The Morgan fingerprint density at radius 3 is 2.73 bits per heavy atom. The highest BCUT2D eigenvalue weighted by Crippen LogP contribution is 2.43. The number of rotatable bonds is 5. The molecule has 0 aromatic carbocycles. The van der Waals surface area contributed by atoms with Crippen molar-refractivity contribution in [1.29, 1.82) is 0 Å². The predicted octanol–water partition coefficient (Wildman–Crippen LogP) is 4.40. The van der Waals surface area contributed by atoms with Crippen molar-refractivity contribution in [2.75, 3.05) is 27.2 Å². The van der Waals surface area contributed by atoms with Crippen LogP contribution in [0.1, 0.15) is 44.1 Å². The molecule has 0 bridgehead atoms. The zero-order valence-electron chi connectivity index (χ0n) is 16.3. The van der Waals surface area contributed by atoms with Crippen LogP contribution in [-0.4, -0.2) is 53.6 Å². The van der Waals surface area contributed by atoms with Crippen molar-refractivity contribution in [2.45, 2.75) is 50.6 Å². The van der Waals surface area contributed by atoms with Crippen LogP contribution in [0, 0.1) is 0 Å². The Balaban J connectivity index is 1.64. The maximum atomic E-state index is 4.34. The van der Waals surface area contributed by atoms with Crippen LogP contribution in [0.25, 0.3) is 5.57 Å². The van der Waals surface area contributed by atoms with Gasteiger partial charge in [-0.3, -0.25) is 9.47 Å². The number of likely N-dealkylation sites (N-methyl/N-ethyl adjacent to an activating group) is 1. The van der Waals surface area contributed by atoms with E-state index in [-0.39, 0.29) is 0 Å². The van der Waals surface area contributed by atoms with Crippen molar-refractivity contribution in [3.63, 3.8) is 0 Å². The molecule has 0 saturated heterocycles. The second-order valence-electron chi connectivity index (χ2n) is 8.45. The van der Waals surface area contributed by atoms with E-state index in [1.54, 1.807) is 0 Å². The summed E-state index contributed by atoms with van der Waals surface area (Å²) in [6.45, 7) is 2.37. The lowest BCUT2D eigenvalue weighted by Gasteiger charge is -2.47. The van der Waals surface area contributed by atoms with Crippen molar-refractivity contribution in [2.24, 2.45) is 0 Å². The van der Waals surface area contributed by atoms with Crippen LogP contribution < -0.4 is 0 Å². The van der Waals surface area contributed by atoms with Crippen LogP contribution in [-0.2, 0) is 0 Å². The average Bonchev–Trinajstić information content (AvgIpc) is 3.07. The molecule has 2 unspecified atom stereocenters. The molecule has 1 fully saturated rings. The fraction of sp³-hybridized carbons (Fsp3) is 0.522. The van der Waals surface area contributed by atoms with Crippen LogP contribution >= 0.6 is 0 Å². The molecule has 0 spiro atoms. The van der Waals surface area contributed by atoms with Gasteiger partial charge in [0.25, 0.3) is 0 Å². The molecule has 138 valence electrons. The van der Waals surface area contributed by atoms with E-state index in [0.717, 1.165) is 19.0 Å². The number of quaternary nitrogens is 1. The SMILES string of the molecule is CN(C)CC[N+]1(C2CCCCC2)C=CC2=CC=C(c3cccnc3)CC21. The monoisotopic (exact) mass is 350 g/mol. The number of allylic oxidation sites excluding steroid dienone is 2. The topological polar surface area (TPSA) is 16.1 Å². The molecule has 4 rings (SSSR count). The van der Waals surface area contributed by atoms with Gasteiger partial charge in [-0.25, -0.2) is 0 Å². The Morgan fingerprint density at radius 1 is 1.15 bits per heavy atom. The van der Waals surface area contributed by atoms with Gasteiger partial charge in [0.05, 0.1) is 18.8 Å². The van der Waals surface area contributed by atoms with Crippen molar-refractivity contribution < 1.29 is 4.48 Å². The maximum Gasteiger partial charge on any atom is 0.123 e. The summed E-state index contributed by atoms with van der Waals surface area (Å²) in [5, 5.41) is 0. The number of hydrogen-bond acceptors (Lipinski definition) is 2. The minimum atomic E-state index is 0.582. The first-order valence-corrected chi connectivity index (χ1v) is 10.2. The van der Waals surface area contributed by atoms with Crippen LogP contribution in [0.4, 0.5) is 0 Å². The second kappa shape index (κ2) is 7.50. The third-order valence-electron chi connectivity index (χ3n) is 6.62. The van der Waals surface area contributed by atoms with Gasteiger partial charge in [-0.2, -0.15) is 0 Å². The van der Waals surface area contributed by atoms with E-state index >= 15 is 0 Å². The molecule has 1 saturated carbocycles. The van der Waals surface area contributed by atoms with E-state index in [0.29, 0.717) is 6.04 Å². The van der Waals surface area contributed by atoms with Crippen LogP contribution in [0.3, 0.4) is 0 Å². The van der Waals surface area contributed by atoms with Gasteiger partial charge in [-0.1, -0.05) is 24.6 Å². The third-order valence-corrected chi connectivity index (χ3v) is 6.62. The summed E-state index contributed by atoms with van der Waals surface area (Å²) in [6.07, 6.45) is 21.7. The third kappa shape index (κ3) is 3.30. The first kappa shape index (κ1) is 17.7.